The number of benzene rings is 2. The van der Waals surface area contributed by atoms with E-state index in [1.54, 1.807) is 19.9 Å². The molecule has 34 heavy (non-hydrogen) atoms. The number of rotatable bonds is 10. The second kappa shape index (κ2) is 10.9. The number of nitrogens with one attached hydrogen (secondary N) is 1. The number of hydrogen-bond acceptors (Lipinski definition) is 6. The maximum Gasteiger partial charge on any atom is 0.248 e. The summed E-state index contributed by atoms with van der Waals surface area (Å²) in [6.45, 7) is 8.65. The molecule has 1 N–H and O–H groups in total. The molecule has 2 aromatic carbocycles. The first kappa shape index (κ1) is 25.6. The first-order chi connectivity index (χ1) is 16.2. The van der Waals surface area contributed by atoms with E-state index in [4.69, 9.17) is 14.2 Å². The smallest absolute Gasteiger partial charge is 0.248 e. The Morgan fingerprint density at radius 2 is 1.91 bits per heavy atom. The van der Waals surface area contributed by atoms with Crippen molar-refractivity contribution in [1.29, 1.82) is 0 Å². The summed E-state index contributed by atoms with van der Waals surface area (Å²) in [6, 6.07) is 8.23. The number of carbonyl (C=O) groups excluding carboxylic acids is 1. The predicted molar refractivity (Wildman–Crippen MR) is 132 cm³/mol. The van der Waals surface area contributed by atoms with E-state index in [2.05, 4.69) is 5.32 Å². The highest BCUT2D eigenvalue weighted by Gasteiger charge is 2.24. The predicted octanol–water partition coefficient (Wildman–Crippen LogP) is 4.10. The van der Waals surface area contributed by atoms with Gasteiger partial charge < -0.3 is 19.5 Å². The fraction of sp³-hybridized carbons (Fsp3) is 0.400. The van der Waals surface area contributed by atoms with Crippen LogP contribution in [0.15, 0.2) is 41.3 Å². The quantitative estimate of drug-likeness (QED) is 0.506. The lowest BCUT2D eigenvalue weighted by Gasteiger charge is -2.19. The Kier molecular flexibility index (Phi) is 8.22. The number of nitrogens with zero attached hydrogens (tertiary/aromatic N) is 1. The maximum absolute atomic E-state index is 12.9. The lowest BCUT2D eigenvalue weighted by atomic mass is 10.1. The molecular formula is C25H32N2O6S. The van der Waals surface area contributed by atoms with E-state index in [1.807, 2.05) is 26.0 Å². The molecule has 2 aromatic rings. The molecule has 1 aliphatic heterocycles. The second-order valence-electron chi connectivity index (χ2n) is 7.84. The summed E-state index contributed by atoms with van der Waals surface area (Å²) in [7, 11) is -2.23. The molecule has 1 aliphatic rings. The van der Waals surface area contributed by atoms with Gasteiger partial charge in [0.05, 0.1) is 24.3 Å². The minimum Gasteiger partial charge on any atom is -0.495 e. The van der Waals surface area contributed by atoms with Crippen molar-refractivity contribution in [2.75, 3.05) is 32.1 Å². The van der Waals surface area contributed by atoms with Gasteiger partial charge in [-0.15, -0.1) is 0 Å². The molecule has 1 atom stereocenters. The number of hydrogen-bond donors (Lipinski definition) is 1. The second-order valence-corrected chi connectivity index (χ2v) is 9.78. The Bertz CT molecular complexity index is 1170. The number of ether oxygens (including phenoxy) is 3. The Hall–Kier alpha value is -3.04. The van der Waals surface area contributed by atoms with E-state index >= 15 is 0 Å². The van der Waals surface area contributed by atoms with Crippen molar-refractivity contribution in [3.8, 4) is 17.2 Å². The Balaban J connectivity index is 1.86. The summed E-state index contributed by atoms with van der Waals surface area (Å²) in [5.41, 5.74) is 2.06. The molecule has 0 bridgehead atoms. The number of carbonyl (C=O) groups is 1. The molecule has 1 heterocycles. The van der Waals surface area contributed by atoms with E-state index in [-0.39, 0.29) is 16.7 Å². The van der Waals surface area contributed by atoms with Crippen LogP contribution in [0.4, 0.5) is 5.69 Å². The van der Waals surface area contributed by atoms with Crippen LogP contribution in [0.25, 0.3) is 6.08 Å². The van der Waals surface area contributed by atoms with Gasteiger partial charge in [0.1, 0.15) is 23.4 Å². The van der Waals surface area contributed by atoms with Crippen LogP contribution in [0.5, 0.6) is 17.2 Å². The SMILES string of the molecule is CCOc1cc2c(cc1/C=C/C(=O)Nc1cc(S(=O)(=O)N(CC)CC)ccc1OC)OC(C)C2. The fourth-order valence-corrected chi connectivity index (χ4v) is 5.35. The van der Waals surface area contributed by atoms with Gasteiger partial charge in [-0.05, 0) is 50.3 Å². The topological polar surface area (TPSA) is 94.2 Å². The van der Waals surface area contributed by atoms with Crippen molar-refractivity contribution in [3.63, 3.8) is 0 Å². The average Bonchev–Trinajstić information content (AvgIpc) is 3.17. The van der Waals surface area contributed by atoms with Crippen molar-refractivity contribution in [2.45, 2.75) is 45.1 Å². The number of sulfonamides is 1. The molecule has 8 nitrogen and oxygen atoms in total. The first-order valence-corrected chi connectivity index (χ1v) is 12.8. The summed E-state index contributed by atoms with van der Waals surface area (Å²) in [5.74, 6) is 1.38. The monoisotopic (exact) mass is 488 g/mol. The van der Waals surface area contributed by atoms with Gasteiger partial charge in [-0.2, -0.15) is 4.31 Å². The van der Waals surface area contributed by atoms with Gasteiger partial charge >= 0.3 is 0 Å². The molecule has 0 spiro atoms. The van der Waals surface area contributed by atoms with Gasteiger partial charge in [-0.3, -0.25) is 4.79 Å². The summed E-state index contributed by atoms with van der Waals surface area (Å²) < 4.78 is 44.0. The molecule has 184 valence electrons. The Labute approximate surface area is 201 Å². The fourth-order valence-electron chi connectivity index (χ4n) is 3.86. The molecule has 9 heteroatoms. The third-order valence-corrected chi connectivity index (χ3v) is 7.56. The lowest BCUT2D eigenvalue weighted by molar-refractivity contribution is -0.111. The third-order valence-electron chi connectivity index (χ3n) is 5.51. The summed E-state index contributed by atoms with van der Waals surface area (Å²) in [4.78, 5) is 12.8. The molecular weight excluding hydrogens is 456 g/mol. The summed E-state index contributed by atoms with van der Waals surface area (Å²) >= 11 is 0. The molecule has 0 fully saturated rings. The first-order valence-electron chi connectivity index (χ1n) is 11.4. The Morgan fingerprint density at radius 1 is 1.18 bits per heavy atom. The minimum atomic E-state index is -3.68. The molecule has 0 radical (unpaired) electrons. The maximum atomic E-state index is 12.9. The minimum absolute atomic E-state index is 0.0832. The van der Waals surface area contributed by atoms with E-state index in [0.29, 0.717) is 31.2 Å². The highest BCUT2D eigenvalue weighted by atomic mass is 32.2. The largest absolute Gasteiger partial charge is 0.495 e. The van der Waals surface area contributed by atoms with Crippen LogP contribution in [-0.2, 0) is 21.2 Å². The van der Waals surface area contributed by atoms with Crippen molar-refractivity contribution < 1.29 is 27.4 Å². The van der Waals surface area contributed by atoms with Crippen molar-refractivity contribution in [1.82, 2.24) is 4.31 Å². The van der Waals surface area contributed by atoms with Crippen LogP contribution in [0.2, 0.25) is 0 Å². The molecule has 0 saturated heterocycles. The number of anilines is 1. The molecule has 1 amide bonds. The third kappa shape index (κ3) is 5.53. The zero-order valence-corrected chi connectivity index (χ0v) is 21.1. The molecule has 0 aromatic heterocycles. The van der Waals surface area contributed by atoms with Gasteiger partial charge in [-0.1, -0.05) is 13.8 Å². The van der Waals surface area contributed by atoms with Crippen molar-refractivity contribution in [3.05, 3.63) is 47.5 Å². The number of fused-ring (bicyclic) bond motifs is 1. The summed E-state index contributed by atoms with van der Waals surface area (Å²) in [5, 5.41) is 2.72. The zero-order chi connectivity index (χ0) is 24.9. The lowest BCUT2D eigenvalue weighted by Crippen LogP contribution is -2.30. The van der Waals surface area contributed by atoms with Crippen LogP contribution < -0.4 is 19.5 Å². The van der Waals surface area contributed by atoms with Crippen molar-refractivity contribution in [2.24, 2.45) is 0 Å². The molecule has 0 saturated carbocycles. The van der Waals surface area contributed by atoms with Gasteiger partial charge in [-0.25, -0.2) is 8.42 Å². The van der Waals surface area contributed by atoms with Gasteiger partial charge in [0.25, 0.3) is 0 Å². The number of methoxy groups -OCH3 is 1. The highest BCUT2D eigenvalue weighted by Crippen LogP contribution is 2.36. The van der Waals surface area contributed by atoms with Crippen LogP contribution in [0, 0.1) is 0 Å². The van der Waals surface area contributed by atoms with Gasteiger partial charge in [0.15, 0.2) is 0 Å². The van der Waals surface area contributed by atoms with Gasteiger partial charge in [0.2, 0.25) is 15.9 Å². The van der Waals surface area contributed by atoms with E-state index < -0.39 is 15.9 Å². The van der Waals surface area contributed by atoms with Crippen molar-refractivity contribution >= 4 is 27.7 Å². The molecule has 3 rings (SSSR count). The van der Waals surface area contributed by atoms with Crippen LogP contribution >= 0.6 is 0 Å². The van der Waals surface area contributed by atoms with Crippen LogP contribution in [-0.4, -0.2) is 51.5 Å². The highest BCUT2D eigenvalue weighted by molar-refractivity contribution is 7.89. The van der Waals surface area contributed by atoms with E-state index in [0.717, 1.165) is 23.3 Å². The number of amides is 1. The summed E-state index contributed by atoms with van der Waals surface area (Å²) in [6.07, 6.45) is 3.93. The normalized spacial score (nSPS) is 15.3. The van der Waals surface area contributed by atoms with E-state index in [1.165, 1.54) is 35.7 Å². The molecule has 0 aliphatic carbocycles. The molecule has 1 unspecified atom stereocenters. The Morgan fingerprint density at radius 3 is 2.56 bits per heavy atom. The average molecular weight is 489 g/mol. The standard InChI is InChI=1S/C25H32N2O6S/c1-6-27(7-2)34(29,30)20-10-11-22(31-5)21(16-20)26-25(28)12-9-18-14-24-19(13-17(4)33-24)15-23(18)32-8-3/h9-12,14-17H,6-8,13H2,1-5H3,(H,26,28)/b12-9+. The zero-order valence-electron chi connectivity index (χ0n) is 20.3. The van der Waals surface area contributed by atoms with Crippen LogP contribution in [0.1, 0.15) is 38.8 Å². The van der Waals surface area contributed by atoms with E-state index in [9.17, 15) is 13.2 Å². The van der Waals surface area contributed by atoms with Gasteiger partial charge in [0, 0.05) is 36.7 Å². The van der Waals surface area contributed by atoms with Crippen LogP contribution in [0.3, 0.4) is 0 Å².